The number of carbonyl (C=O) groups excluding carboxylic acids is 1. The predicted octanol–water partition coefficient (Wildman–Crippen LogP) is 3.91. The Balaban J connectivity index is 1.54. The molecule has 4 aromatic heterocycles. The molecule has 6 rings (SSSR count). The van der Waals surface area contributed by atoms with Gasteiger partial charge in [-0.05, 0) is 52.0 Å². The molecule has 0 unspecified atom stereocenters. The number of anilines is 2. The van der Waals surface area contributed by atoms with Crippen molar-refractivity contribution in [2.75, 3.05) is 5.32 Å². The van der Waals surface area contributed by atoms with E-state index < -0.39 is 0 Å². The number of aryl methyl sites for hydroxylation is 3. The normalized spacial score (nSPS) is 16.4. The molecule has 9 nitrogen and oxygen atoms in total. The van der Waals surface area contributed by atoms with Gasteiger partial charge in [-0.2, -0.15) is 4.37 Å². The minimum absolute atomic E-state index is 0.139. The van der Waals surface area contributed by atoms with Crippen LogP contribution in [-0.2, 0) is 6.54 Å². The Morgan fingerprint density at radius 1 is 1.26 bits per heavy atom. The van der Waals surface area contributed by atoms with Crippen molar-refractivity contribution in [3.8, 4) is 0 Å². The Hall–Kier alpha value is -3.01. The first-order valence-electron chi connectivity index (χ1n) is 10.8. The first-order chi connectivity index (χ1) is 15.1. The fourth-order valence-corrected chi connectivity index (χ4v) is 5.11. The topological polar surface area (TPSA) is 105 Å². The summed E-state index contributed by atoms with van der Waals surface area (Å²) in [5.41, 5.74) is 4.10. The molecule has 2 N–H and O–H groups in total. The summed E-state index contributed by atoms with van der Waals surface area (Å²) in [5, 5.41) is 4.90. The maximum atomic E-state index is 13.7. The van der Waals surface area contributed by atoms with Crippen LogP contribution in [-0.4, -0.2) is 51.8 Å². The second kappa shape index (κ2) is 6.74. The molecule has 2 aliphatic carbocycles. The van der Waals surface area contributed by atoms with E-state index in [1.165, 1.54) is 11.5 Å². The highest BCUT2D eigenvalue weighted by molar-refractivity contribution is 7.09. The number of carbonyl (C=O) groups is 1. The monoisotopic (exact) mass is 436 g/mol. The summed E-state index contributed by atoms with van der Waals surface area (Å²) in [6.07, 6.45) is 6.14. The first kappa shape index (κ1) is 18.7. The third-order valence-electron chi connectivity index (χ3n) is 6.20. The van der Waals surface area contributed by atoms with E-state index >= 15 is 0 Å². The number of amides is 1. The third kappa shape index (κ3) is 2.92. The number of hydrogen-bond acceptors (Lipinski definition) is 7. The molecule has 0 saturated heterocycles. The van der Waals surface area contributed by atoms with Crippen molar-refractivity contribution in [3.05, 3.63) is 23.4 Å². The van der Waals surface area contributed by atoms with E-state index in [-0.39, 0.29) is 5.91 Å². The van der Waals surface area contributed by atoms with E-state index in [1.54, 1.807) is 6.33 Å². The van der Waals surface area contributed by atoms with Crippen molar-refractivity contribution in [1.29, 1.82) is 0 Å². The van der Waals surface area contributed by atoms with E-state index in [0.717, 1.165) is 64.8 Å². The van der Waals surface area contributed by atoms with Gasteiger partial charge >= 0.3 is 0 Å². The zero-order chi connectivity index (χ0) is 21.3. The van der Waals surface area contributed by atoms with Gasteiger partial charge < -0.3 is 19.8 Å². The van der Waals surface area contributed by atoms with Gasteiger partial charge in [0.05, 0.1) is 11.7 Å². The Morgan fingerprint density at radius 3 is 2.61 bits per heavy atom. The molecule has 2 fully saturated rings. The highest BCUT2D eigenvalue weighted by Gasteiger charge is 2.43. The molecule has 1 amide bonds. The van der Waals surface area contributed by atoms with E-state index in [0.29, 0.717) is 29.6 Å². The van der Waals surface area contributed by atoms with Crippen LogP contribution >= 0.6 is 11.5 Å². The summed E-state index contributed by atoms with van der Waals surface area (Å²) in [4.78, 5) is 33.0. The van der Waals surface area contributed by atoms with Crippen LogP contribution in [0.3, 0.4) is 0 Å². The van der Waals surface area contributed by atoms with Gasteiger partial charge in [0.15, 0.2) is 5.82 Å². The lowest BCUT2D eigenvalue weighted by Crippen LogP contribution is -2.36. The maximum absolute atomic E-state index is 13.7. The van der Waals surface area contributed by atoms with Crippen molar-refractivity contribution < 1.29 is 4.79 Å². The molecular formula is C21H24N8OS. The van der Waals surface area contributed by atoms with E-state index in [1.807, 2.05) is 13.8 Å². The van der Waals surface area contributed by atoms with Crippen molar-refractivity contribution in [2.45, 2.75) is 65.1 Å². The van der Waals surface area contributed by atoms with Crippen molar-refractivity contribution >= 4 is 50.5 Å². The molecule has 0 aliphatic heterocycles. The van der Waals surface area contributed by atoms with Crippen LogP contribution in [0.25, 0.3) is 22.1 Å². The second-order valence-electron chi connectivity index (χ2n) is 8.45. The van der Waals surface area contributed by atoms with Gasteiger partial charge in [-0.3, -0.25) is 4.79 Å². The molecule has 2 aliphatic rings. The molecule has 4 aromatic rings. The number of nitrogens with one attached hydrogen (secondary N) is 2. The van der Waals surface area contributed by atoms with Crippen LogP contribution in [0, 0.1) is 13.8 Å². The first-order valence-corrected chi connectivity index (χ1v) is 11.6. The van der Waals surface area contributed by atoms with Crippen LogP contribution in [0.2, 0.25) is 0 Å². The molecule has 0 aromatic carbocycles. The number of fused-ring (bicyclic) bond motifs is 3. The summed E-state index contributed by atoms with van der Waals surface area (Å²) < 4.78 is 6.29. The summed E-state index contributed by atoms with van der Waals surface area (Å²) in [6, 6.07) is 0.804. The number of nitrogens with zero attached hydrogens (tertiary/aromatic N) is 6. The average Bonchev–Trinajstić information content (AvgIpc) is 3.65. The lowest BCUT2D eigenvalue weighted by atomic mass is 10.1. The van der Waals surface area contributed by atoms with Crippen LogP contribution in [0.4, 0.5) is 10.9 Å². The van der Waals surface area contributed by atoms with Gasteiger partial charge in [-0.15, -0.1) is 0 Å². The van der Waals surface area contributed by atoms with E-state index in [9.17, 15) is 4.79 Å². The molecule has 0 spiro atoms. The number of aromatic nitrogens is 6. The van der Waals surface area contributed by atoms with Crippen molar-refractivity contribution in [2.24, 2.45) is 0 Å². The van der Waals surface area contributed by atoms with Crippen molar-refractivity contribution in [1.82, 2.24) is 33.8 Å². The average molecular weight is 437 g/mol. The fraction of sp³-hybridized carbons (Fsp3) is 0.476. The molecule has 160 valence electrons. The Bertz CT molecular complexity index is 1310. The van der Waals surface area contributed by atoms with E-state index in [4.69, 9.17) is 4.98 Å². The van der Waals surface area contributed by atoms with Gasteiger partial charge in [0, 0.05) is 30.2 Å². The standard InChI is InChI=1S/C21H24N8OS/c1-4-28-17(20(30)29(12-5-6-12)13-7-8-13)10(2)14-15-16(23-9-22-15)18(25-19(14)28)26-21-24-11(3)27-31-21/h9,12-13H,4-8H2,1-3H3,(H,22,23)(H,24,25,26,27). The number of hydrogen-bond donors (Lipinski definition) is 2. The quantitative estimate of drug-likeness (QED) is 0.475. The third-order valence-corrected chi connectivity index (χ3v) is 6.92. The smallest absolute Gasteiger partial charge is 0.271 e. The lowest BCUT2D eigenvalue weighted by Gasteiger charge is -2.23. The number of aromatic amines is 1. The van der Waals surface area contributed by atoms with Gasteiger partial charge in [-0.25, -0.2) is 15.0 Å². The molecule has 4 heterocycles. The van der Waals surface area contributed by atoms with Crippen LogP contribution in [0.15, 0.2) is 6.33 Å². The SMILES string of the molecule is CCn1c(C(=O)N(C2CC2)C2CC2)c(C)c2c3nc[nH]c3c(Nc3nc(C)ns3)nc21. The van der Waals surface area contributed by atoms with Gasteiger partial charge in [0.1, 0.15) is 28.2 Å². The minimum atomic E-state index is 0.139. The summed E-state index contributed by atoms with van der Waals surface area (Å²) in [6.45, 7) is 6.61. The number of rotatable bonds is 6. The van der Waals surface area contributed by atoms with Crippen LogP contribution in [0.5, 0.6) is 0 Å². The maximum Gasteiger partial charge on any atom is 0.271 e. The Labute approximate surface area is 183 Å². The Kier molecular flexibility index (Phi) is 4.08. The lowest BCUT2D eigenvalue weighted by molar-refractivity contribution is 0.0718. The van der Waals surface area contributed by atoms with Gasteiger partial charge in [0.25, 0.3) is 5.91 Å². The van der Waals surface area contributed by atoms with E-state index in [2.05, 4.69) is 41.0 Å². The Morgan fingerprint density at radius 2 is 2.00 bits per heavy atom. The second-order valence-corrected chi connectivity index (χ2v) is 9.20. The fourth-order valence-electron chi connectivity index (χ4n) is 4.54. The largest absolute Gasteiger partial charge is 0.342 e. The van der Waals surface area contributed by atoms with Gasteiger partial charge in [-0.1, -0.05) is 0 Å². The summed E-state index contributed by atoms with van der Waals surface area (Å²) in [7, 11) is 0. The number of pyridine rings is 1. The highest BCUT2D eigenvalue weighted by atomic mass is 32.1. The minimum Gasteiger partial charge on any atom is -0.342 e. The predicted molar refractivity (Wildman–Crippen MR) is 120 cm³/mol. The molecule has 0 radical (unpaired) electrons. The van der Waals surface area contributed by atoms with Crippen LogP contribution in [0.1, 0.15) is 54.5 Å². The van der Waals surface area contributed by atoms with Crippen LogP contribution < -0.4 is 5.32 Å². The van der Waals surface area contributed by atoms with Gasteiger partial charge in [0.2, 0.25) is 5.13 Å². The summed E-state index contributed by atoms with van der Waals surface area (Å²) in [5.74, 6) is 1.50. The van der Waals surface area contributed by atoms with Crippen molar-refractivity contribution in [3.63, 3.8) is 0 Å². The highest BCUT2D eigenvalue weighted by Crippen LogP contribution is 2.40. The molecule has 0 atom stereocenters. The molecule has 31 heavy (non-hydrogen) atoms. The molecule has 10 heteroatoms. The zero-order valence-electron chi connectivity index (χ0n) is 17.8. The number of imidazole rings is 1. The number of H-pyrrole nitrogens is 1. The molecular weight excluding hydrogens is 412 g/mol. The zero-order valence-corrected chi connectivity index (χ0v) is 18.6. The molecule has 2 saturated carbocycles. The summed E-state index contributed by atoms with van der Waals surface area (Å²) >= 11 is 1.29. The molecule has 0 bridgehead atoms.